The molecular weight excluding hydrogens is 250 g/mol. The largest absolute Gasteiger partial charge is 0.370 e. The number of amides is 1. The van der Waals surface area contributed by atoms with Gasteiger partial charge < -0.3 is 10.6 Å². The lowest BCUT2D eigenvalue weighted by Gasteiger charge is -2.13. The molecule has 0 saturated heterocycles. The molecule has 100 valence electrons. The lowest BCUT2D eigenvalue weighted by molar-refractivity contribution is 0.0939. The number of rotatable bonds is 6. The second-order valence-electron chi connectivity index (χ2n) is 4.26. The van der Waals surface area contributed by atoms with Gasteiger partial charge in [0.05, 0.1) is 10.6 Å². The van der Waals surface area contributed by atoms with Crippen LogP contribution in [0, 0.1) is 0 Å². The fourth-order valence-corrected chi connectivity index (χ4v) is 1.56. The minimum atomic E-state index is -0.156. The van der Waals surface area contributed by atoms with Crippen molar-refractivity contribution in [2.24, 2.45) is 0 Å². The highest BCUT2D eigenvalue weighted by Gasteiger charge is 2.13. The molecule has 0 aliphatic carbocycles. The van der Waals surface area contributed by atoms with Gasteiger partial charge in [-0.2, -0.15) is 0 Å². The van der Waals surface area contributed by atoms with E-state index in [0.717, 1.165) is 19.4 Å². The lowest BCUT2D eigenvalue weighted by Crippen LogP contribution is -2.32. The number of carbonyl (C=O) groups excluding carboxylic acids is 1. The molecule has 0 saturated carbocycles. The minimum absolute atomic E-state index is 0.133. The third kappa shape index (κ3) is 4.18. The number of hydrogen-bond donors (Lipinski definition) is 2. The van der Waals surface area contributed by atoms with E-state index in [-0.39, 0.29) is 11.9 Å². The molecule has 1 aromatic rings. The summed E-state index contributed by atoms with van der Waals surface area (Å²) in [4.78, 5) is 16.1. The van der Waals surface area contributed by atoms with E-state index in [1.54, 1.807) is 6.07 Å². The molecule has 0 fully saturated rings. The zero-order valence-electron chi connectivity index (χ0n) is 11.1. The number of pyridine rings is 1. The van der Waals surface area contributed by atoms with Crippen LogP contribution in [0.25, 0.3) is 0 Å². The average molecular weight is 270 g/mol. The van der Waals surface area contributed by atoms with Crippen molar-refractivity contribution in [1.29, 1.82) is 0 Å². The predicted molar refractivity (Wildman–Crippen MR) is 75.2 cm³/mol. The molecule has 1 unspecified atom stereocenters. The molecule has 18 heavy (non-hydrogen) atoms. The maximum absolute atomic E-state index is 12.0. The molecule has 0 aliphatic rings. The van der Waals surface area contributed by atoms with Crippen molar-refractivity contribution in [2.45, 2.75) is 39.7 Å². The Morgan fingerprint density at radius 3 is 2.83 bits per heavy atom. The maximum Gasteiger partial charge on any atom is 0.253 e. The Kier molecular flexibility index (Phi) is 5.92. The van der Waals surface area contributed by atoms with Gasteiger partial charge in [-0.05, 0) is 25.8 Å². The summed E-state index contributed by atoms with van der Waals surface area (Å²) in [6, 6.07) is 1.82. The molecule has 1 heterocycles. The van der Waals surface area contributed by atoms with Crippen molar-refractivity contribution in [3.8, 4) is 0 Å². The first-order valence-corrected chi connectivity index (χ1v) is 6.66. The quantitative estimate of drug-likeness (QED) is 0.834. The fourth-order valence-electron chi connectivity index (χ4n) is 1.37. The molecule has 1 amide bonds. The average Bonchev–Trinajstić information content (AvgIpc) is 2.37. The van der Waals surface area contributed by atoms with Crippen LogP contribution in [0.5, 0.6) is 0 Å². The summed E-state index contributed by atoms with van der Waals surface area (Å²) in [5.74, 6) is 0.520. The molecule has 0 aliphatic heterocycles. The van der Waals surface area contributed by atoms with Crippen molar-refractivity contribution >= 4 is 23.3 Å². The van der Waals surface area contributed by atoms with Crippen molar-refractivity contribution in [3.05, 3.63) is 22.8 Å². The molecular formula is C13H20ClN3O. The van der Waals surface area contributed by atoms with Gasteiger partial charge in [0.25, 0.3) is 5.91 Å². The number of carbonyl (C=O) groups is 1. The normalized spacial score (nSPS) is 12.0. The Bertz CT molecular complexity index is 409. The van der Waals surface area contributed by atoms with Crippen molar-refractivity contribution in [2.75, 3.05) is 11.9 Å². The Labute approximate surface area is 113 Å². The SMILES string of the molecule is CCCNc1cc(C(=O)NC(C)CC)c(Cl)cn1. The maximum atomic E-state index is 12.0. The highest BCUT2D eigenvalue weighted by molar-refractivity contribution is 6.33. The topological polar surface area (TPSA) is 54.0 Å². The van der Waals surface area contributed by atoms with Gasteiger partial charge in [-0.1, -0.05) is 25.4 Å². The van der Waals surface area contributed by atoms with Gasteiger partial charge >= 0.3 is 0 Å². The van der Waals surface area contributed by atoms with Crippen molar-refractivity contribution < 1.29 is 4.79 Å². The van der Waals surface area contributed by atoms with Crippen LogP contribution >= 0.6 is 11.6 Å². The number of anilines is 1. The lowest BCUT2D eigenvalue weighted by atomic mass is 10.2. The summed E-state index contributed by atoms with van der Waals surface area (Å²) in [6.45, 7) is 6.87. The van der Waals surface area contributed by atoms with Gasteiger partial charge in [0.1, 0.15) is 5.82 Å². The van der Waals surface area contributed by atoms with Crippen LogP contribution in [0.15, 0.2) is 12.3 Å². The van der Waals surface area contributed by atoms with E-state index in [1.165, 1.54) is 6.20 Å². The van der Waals surface area contributed by atoms with E-state index in [0.29, 0.717) is 16.4 Å². The van der Waals surface area contributed by atoms with E-state index >= 15 is 0 Å². The monoisotopic (exact) mass is 269 g/mol. The third-order valence-electron chi connectivity index (χ3n) is 2.65. The van der Waals surface area contributed by atoms with E-state index in [2.05, 4.69) is 22.5 Å². The zero-order valence-corrected chi connectivity index (χ0v) is 11.8. The summed E-state index contributed by atoms with van der Waals surface area (Å²) >= 11 is 6.00. The number of nitrogens with zero attached hydrogens (tertiary/aromatic N) is 1. The van der Waals surface area contributed by atoms with Gasteiger partial charge in [0.2, 0.25) is 0 Å². The minimum Gasteiger partial charge on any atom is -0.370 e. The second-order valence-corrected chi connectivity index (χ2v) is 4.67. The molecule has 0 aromatic carbocycles. The zero-order chi connectivity index (χ0) is 13.5. The number of hydrogen-bond acceptors (Lipinski definition) is 3. The summed E-state index contributed by atoms with van der Waals surface area (Å²) < 4.78 is 0. The van der Waals surface area contributed by atoms with E-state index in [1.807, 2.05) is 13.8 Å². The molecule has 5 heteroatoms. The Morgan fingerprint density at radius 2 is 2.22 bits per heavy atom. The molecule has 1 atom stereocenters. The van der Waals surface area contributed by atoms with Crippen molar-refractivity contribution in [3.63, 3.8) is 0 Å². The molecule has 4 nitrogen and oxygen atoms in total. The van der Waals surface area contributed by atoms with Crippen LogP contribution in [-0.2, 0) is 0 Å². The highest BCUT2D eigenvalue weighted by atomic mass is 35.5. The standard InChI is InChI=1S/C13H20ClN3O/c1-4-6-15-12-7-10(11(14)8-16-12)13(18)17-9(3)5-2/h7-9H,4-6H2,1-3H3,(H,15,16)(H,17,18). The molecule has 0 bridgehead atoms. The van der Waals surface area contributed by atoms with Crippen LogP contribution in [-0.4, -0.2) is 23.5 Å². The van der Waals surface area contributed by atoms with E-state index in [4.69, 9.17) is 11.6 Å². The third-order valence-corrected chi connectivity index (χ3v) is 2.95. The summed E-state index contributed by atoms with van der Waals surface area (Å²) in [5, 5.41) is 6.40. The smallest absolute Gasteiger partial charge is 0.253 e. The second kappa shape index (κ2) is 7.21. The first-order valence-electron chi connectivity index (χ1n) is 6.28. The number of aromatic nitrogens is 1. The summed E-state index contributed by atoms with van der Waals surface area (Å²) in [7, 11) is 0. The predicted octanol–water partition coefficient (Wildman–Crippen LogP) is 3.09. The van der Waals surface area contributed by atoms with Crippen LogP contribution in [0.4, 0.5) is 5.82 Å². The summed E-state index contributed by atoms with van der Waals surface area (Å²) in [5.41, 5.74) is 0.463. The van der Waals surface area contributed by atoms with Gasteiger partial charge in [-0.15, -0.1) is 0 Å². The van der Waals surface area contributed by atoms with E-state index in [9.17, 15) is 4.79 Å². The molecule has 0 spiro atoms. The molecule has 1 aromatic heterocycles. The first-order chi connectivity index (χ1) is 8.58. The van der Waals surface area contributed by atoms with Gasteiger partial charge in [0.15, 0.2) is 0 Å². The number of halogens is 1. The van der Waals surface area contributed by atoms with Gasteiger partial charge in [-0.25, -0.2) is 4.98 Å². The number of nitrogens with one attached hydrogen (secondary N) is 2. The molecule has 0 radical (unpaired) electrons. The first kappa shape index (κ1) is 14.8. The Hall–Kier alpha value is -1.29. The molecule has 1 rings (SSSR count). The van der Waals surface area contributed by atoms with Crippen LogP contribution < -0.4 is 10.6 Å². The van der Waals surface area contributed by atoms with Crippen LogP contribution in [0.3, 0.4) is 0 Å². The van der Waals surface area contributed by atoms with Crippen LogP contribution in [0.1, 0.15) is 44.0 Å². The Balaban J connectivity index is 2.82. The molecule has 2 N–H and O–H groups in total. The van der Waals surface area contributed by atoms with E-state index < -0.39 is 0 Å². The summed E-state index contributed by atoms with van der Waals surface area (Å²) in [6.07, 6.45) is 3.39. The Morgan fingerprint density at radius 1 is 1.50 bits per heavy atom. The highest BCUT2D eigenvalue weighted by Crippen LogP contribution is 2.18. The van der Waals surface area contributed by atoms with Gasteiger partial charge in [-0.3, -0.25) is 4.79 Å². The fraction of sp³-hybridized carbons (Fsp3) is 0.538. The van der Waals surface area contributed by atoms with Crippen molar-refractivity contribution in [1.82, 2.24) is 10.3 Å². The van der Waals surface area contributed by atoms with Crippen LogP contribution in [0.2, 0.25) is 5.02 Å². The van der Waals surface area contributed by atoms with Gasteiger partial charge in [0, 0.05) is 18.8 Å².